The van der Waals surface area contributed by atoms with Crippen LogP contribution in [0.2, 0.25) is 4.47 Å². The summed E-state index contributed by atoms with van der Waals surface area (Å²) < 4.78 is 31.5. The Bertz CT molecular complexity index is 1020. The van der Waals surface area contributed by atoms with E-state index in [0.29, 0.717) is 27.0 Å². The highest BCUT2D eigenvalue weighted by Gasteiger charge is 2.21. The number of amides is 1. The van der Waals surface area contributed by atoms with E-state index in [9.17, 15) is 9.18 Å². The third-order valence-electron chi connectivity index (χ3n) is 3.99. The van der Waals surface area contributed by atoms with Crippen molar-refractivity contribution in [1.29, 1.82) is 0 Å². The Morgan fingerprint density at radius 1 is 1.27 bits per heavy atom. The molecule has 8 nitrogen and oxygen atoms in total. The summed E-state index contributed by atoms with van der Waals surface area (Å²) in [6, 6.07) is 3.01. The molecule has 0 saturated carbocycles. The molecule has 30 heavy (non-hydrogen) atoms. The summed E-state index contributed by atoms with van der Waals surface area (Å²) in [6.45, 7) is 5.79. The molecule has 0 aliphatic rings. The normalized spacial score (nSPS) is 13.0. The largest absolute Gasteiger partial charge is 0.484 e. The lowest BCUT2D eigenvalue weighted by Crippen LogP contribution is -2.32. The molecule has 3 aromatic rings. The van der Waals surface area contributed by atoms with Crippen LogP contribution in [0.15, 0.2) is 24.5 Å². The molecule has 3 rings (SSSR count). The third-order valence-corrected chi connectivity index (χ3v) is 5.12. The molecule has 0 fully saturated rings. The average Bonchev–Trinajstić information content (AvgIpc) is 3.06. The number of thiazole rings is 1. The van der Waals surface area contributed by atoms with Crippen LogP contribution in [0.5, 0.6) is 11.8 Å². The first-order valence-corrected chi connectivity index (χ1v) is 10.4. The quantitative estimate of drug-likeness (QED) is 0.507. The van der Waals surface area contributed by atoms with Gasteiger partial charge in [-0.25, -0.2) is 24.1 Å². The van der Waals surface area contributed by atoms with Gasteiger partial charge in [-0.3, -0.25) is 5.32 Å². The number of carbonyl (C=O) groups excluding carboxylic acids is 1. The van der Waals surface area contributed by atoms with E-state index in [1.54, 1.807) is 13.8 Å². The van der Waals surface area contributed by atoms with Crippen LogP contribution in [0.25, 0.3) is 10.2 Å². The Kier molecular flexibility index (Phi) is 7.22. The van der Waals surface area contributed by atoms with Crippen molar-refractivity contribution >= 4 is 44.9 Å². The van der Waals surface area contributed by atoms with Crippen molar-refractivity contribution in [2.45, 2.75) is 39.4 Å². The molecule has 0 bridgehead atoms. The van der Waals surface area contributed by atoms with Gasteiger partial charge in [0.2, 0.25) is 0 Å². The number of ether oxygens (including phenoxy) is 3. The summed E-state index contributed by atoms with van der Waals surface area (Å²) in [6.07, 6.45) is 1.66. The molecule has 0 aliphatic heterocycles. The molecular formula is C19H20ClFN4O4S. The van der Waals surface area contributed by atoms with Crippen molar-refractivity contribution in [2.75, 3.05) is 11.9 Å². The topological polar surface area (TPSA) is 95.5 Å². The van der Waals surface area contributed by atoms with Gasteiger partial charge in [-0.05, 0) is 20.3 Å². The highest BCUT2D eigenvalue weighted by Crippen LogP contribution is 2.31. The number of aromatic nitrogens is 3. The molecule has 1 amide bonds. The smallest absolute Gasteiger partial charge is 0.412 e. The number of hydrogen-bond donors (Lipinski definition) is 1. The van der Waals surface area contributed by atoms with Gasteiger partial charge in [-0.2, -0.15) is 0 Å². The minimum Gasteiger partial charge on any atom is -0.484 e. The maximum Gasteiger partial charge on any atom is 0.412 e. The fourth-order valence-electron chi connectivity index (χ4n) is 2.35. The van der Waals surface area contributed by atoms with Crippen molar-refractivity contribution in [2.24, 2.45) is 0 Å². The predicted octanol–water partition coefficient (Wildman–Crippen LogP) is 5.07. The molecule has 160 valence electrons. The standard InChI is InChI=1S/C19H20ClFN4O4S/c1-4-5-27-18-22-8-12(9-23-18)24-19(26)29-11(3)10(2)28-15-7-16-14(6-13(15)21)25-17(20)30-16/h6-11H,4-5H2,1-3H3,(H,24,26)/t10-,11+/m0/s1. The van der Waals surface area contributed by atoms with Crippen LogP contribution in [-0.4, -0.2) is 39.9 Å². The number of carbonyl (C=O) groups is 1. The van der Waals surface area contributed by atoms with Crippen LogP contribution in [0.3, 0.4) is 0 Å². The van der Waals surface area contributed by atoms with Crippen molar-refractivity contribution < 1.29 is 23.4 Å². The van der Waals surface area contributed by atoms with Crippen LogP contribution >= 0.6 is 22.9 Å². The van der Waals surface area contributed by atoms with Crippen molar-refractivity contribution in [3.63, 3.8) is 0 Å². The molecular weight excluding hydrogens is 435 g/mol. The number of fused-ring (bicyclic) bond motifs is 1. The van der Waals surface area contributed by atoms with E-state index in [2.05, 4.69) is 20.3 Å². The number of benzene rings is 1. The minimum absolute atomic E-state index is 0.0299. The number of hydrogen-bond acceptors (Lipinski definition) is 8. The van der Waals surface area contributed by atoms with Crippen molar-refractivity contribution in [3.8, 4) is 11.8 Å². The van der Waals surface area contributed by atoms with E-state index in [-0.39, 0.29) is 11.8 Å². The molecule has 1 aromatic carbocycles. The average molecular weight is 455 g/mol. The predicted molar refractivity (Wildman–Crippen MR) is 112 cm³/mol. The van der Waals surface area contributed by atoms with Gasteiger partial charge < -0.3 is 14.2 Å². The first-order valence-electron chi connectivity index (χ1n) is 9.20. The summed E-state index contributed by atoms with van der Waals surface area (Å²) >= 11 is 7.08. The second kappa shape index (κ2) is 9.86. The molecule has 2 atom stereocenters. The van der Waals surface area contributed by atoms with Gasteiger partial charge in [0, 0.05) is 12.1 Å². The van der Waals surface area contributed by atoms with Gasteiger partial charge in [0.05, 0.1) is 34.9 Å². The Hall–Kier alpha value is -2.72. The summed E-state index contributed by atoms with van der Waals surface area (Å²) in [7, 11) is 0. The Labute approximate surface area is 181 Å². The number of rotatable bonds is 8. The monoisotopic (exact) mass is 454 g/mol. The van der Waals surface area contributed by atoms with Crippen molar-refractivity contribution in [1.82, 2.24) is 15.0 Å². The third kappa shape index (κ3) is 5.67. The van der Waals surface area contributed by atoms with Gasteiger partial charge in [-0.15, -0.1) is 11.3 Å². The second-order valence-corrected chi connectivity index (χ2v) is 7.99. The van der Waals surface area contributed by atoms with Gasteiger partial charge in [0.15, 0.2) is 16.0 Å². The number of nitrogens with one attached hydrogen (secondary N) is 1. The van der Waals surface area contributed by atoms with Gasteiger partial charge in [0.1, 0.15) is 12.2 Å². The number of halogens is 2. The van der Waals surface area contributed by atoms with E-state index in [1.165, 1.54) is 35.9 Å². The molecule has 1 N–H and O–H groups in total. The van der Waals surface area contributed by atoms with Crippen LogP contribution in [0.4, 0.5) is 14.9 Å². The SMILES string of the molecule is CCCOc1ncc(NC(=O)O[C@H](C)[C@H](C)Oc2cc3sc(Cl)nc3cc2F)cn1. The zero-order chi connectivity index (χ0) is 21.7. The zero-order valence-corrected chi connectivity index (χ0v) is 18.1. The molecule has 0 radical (unpaired) electrons. The Morgan fingerprint density at radius 3 is 2.70 bits per heavy atom. The summed E-state index contributed by atoms with van der Waals surface area (Å²) in [5.74, 6) is -0.544. The van der Waals surface area contributed by atoms with Crippen LogP contribution in [0, 0.1) is 5.82 Å². The van der Waals surface area contributed by atoms with Crippen LogP contribution < -0.4 is 14.8 Å². The fraction of sp³-hybridized carbons (Fsp3) is 0.368. The van der Waals surface area contributed by atoms with E-state index in [1.807, 2.05) is 6.92 Å². The maximum atomic E-state index is 14.3. The van der Waals surface area contributed by atoms with Gasteiger partial charge in [-0.1, -0.05) is 18.5 Å². The van der Waals surface area contributed by atoms with Crippen LogP contribution in [-0.2, 0) is 4.74 Å². The summed E-state index contributed by atoms with van der Waals surface area (Å²) in [5, 5.41) is 2.52. The summed E-state index contributed by atoms with van der Waals surface area (Å²) in [5.41, 5.74) is 0.808. The molecule has 11 heteroatoms. The lowest BCUT2D eigenvalue weighted by atomic mass is 10.2. The van der Waals surface area contributed by atoms with Crippen LogP contribution in [0.1, 0.15) is 27.2 Å². The van der Waals surface area contributed by atoms with E-state index in [4.69, 9.17) is 25.8 Å². The highest BCUT2D eigenvalue weighted by atomic mass is 35.5. The molecule has 2 aromatic heterocycles. The molecule has 2 heterocycles. The lowest BCUT2D eigenvalue weighted by Gasteiger charge is -2.22. The van der Waals surface area contributed by atoms with Crippen molar-refractivity contribution in [3.05, 3.63) is 34.8 Å². The number of nitrogens with zero attached hydrogens (tertiary/aromatic N) is 3. The Morgan fingerprint density at radius 2 is 2.00 bits per heavy atom. The number of anilines is 1. The molecule has 0 unspecified atom stereocenters. The minimum atomic E-state index is -0.714. The first-order chi connectivity index (χ1) is 14.4. The zero-order valence-electron chi connectivity index (χ0n) is 16.5. The second-order valence-electron chi connectivity index (χ2n) is 6.38. The summed E-state index contributed by atoms with van der Waals surface area (Å²) in [4.78, 5) is 24.1. The lowest BCUT2D eigenvalue weighted by molar-refractivity contribution is 0.0402. The maximum absolute atomic E-state index is 14.3. The Balaban J connectivity index is 1.55. The van der Waals surface area contributed by atoms with E-state index in [0.717, 1.165) is 6.42 Å². The van der Waals surface area contributed by atoms with E-state index >= 15 is 0 Å². The van der Waals surface area contributed by atoms with E-state index < -0.39 is 24.1 Å². The first kappa shape index (κ1) is 22.0. The van der Waals surface area contributed by atoms with Gasteiger partial charge >= 0.3 is 12.1 Å². The molecule has 0 saturated heterocycles. The molecule has 0 aliphatic carbocycles. The highest BCUT2D eigenvalue weighted by molar-refractivity contribution is 7.22. The van der Waals surface area contributed by atoms with Gasteiger partial charge in [0.25, 0.3) is 0 Å². The fourth-order valence-corrected chi connectivity index (χ4v) is 3.39. The molecule has 0 spiro atoms.